The van der Waals surface area contributed by atoms with Gasteiger partial charge in [-0.1, -0.05) is 31.4 Å². The molecule has 0 spiro atoms. The van der Waals surface area contributed by atoms with Gasteiger partial charge in [0.15, 0.2) is 0 Å². The van der Waals surface area contributed by atoms with Crippen molar-refractivity contribution in [2.24, 2.45) is 17.8 Å². The minimum absolute atomic E-state index is 0.545. The van der Waals surface area contributed by atoms with Gasteiger partial charge in [0.05, 0.1) is 6.10 Å². The normalized spacial score (nSPS) is 31.7. The van der Waals surface area contributed by atoms with Gasteiger partial charge in [-0.2, -0.15) is 0 Å². The van der Waals surface area contributed by atoms with Crippen molar-refractivity contribution in [1.82, 2.24) is 0 Å². The lowest BCUT2D eigenvalue weighted by Gasteiger charge is -2.34. The zero-order chi connectivity index (χ0) is 13.5. The highest BCUT2D eigenvalue weighted by Gasteiger charge is 2.28. The molecule has 0 aromatic carbocycles. The largest absolute Gasteiger partial charge is 0.381 e. The van der Waals surface area contributed by atoms with Crippen LogP contribution in [-0.2, 0) is 4.74 Å². The molecule has 2 aliphatic rings. The molecule has 2 rings (SSSR count). The highest BCUT2D eigenvalue weighted by atomic mass is 16.5. The molecule has 2 saturated carbocycles. The van der Waals surface area contributed by atoms with Gasteiger partial charge >= 0.3 is 0 Å². The van der Waals surface area contributed by atoms with Gasteiger partial charge in [0.25, 0.3) is 0 Å². The topological polar surface area (TPSA) is 9.23 Å². The Bertz CT molecular complexity index is 257. The quantitative estimate of drug-likeness (QED) is 0.608. The number of methoxy groups -OCH3 is 1. The maximum Gasteiger partial charge on any atom is 0.0602 e. The minimum atomic E-state index is 0.545. The van der Waals surface area contributed by atoms with Crippen LogP contribution in [0.3, 0.4) is 0 Å². The van der Waals surface area contributed by atoms with Crippen molar-refractivity contribution in [2.75, 3.05) is 7.11 Å². The highest BCUT2D eigenvalue weighted by Crippen LogP contribution is 2.36. The molecular formula is C18H32O. The summed E-state index contributed by atoms with van der Waals surface area (Å²) in [5, 5.41) is 0. The number of rotatable bonds is 5. The number of allylic oxidation sites excluding steroid dienone is 2. The van der Waals surface area contributed by atoms with E-state index in [1.807, 2.05) is 7.11 Å². The van der Waals surface area contributed by atoms with Crippen molar-refractivity contribution in [1.29, 1.82) is 0 Å². The van der Waals surface area contributed by atoms with E-state index in [1.54, 1.807) is 0 Å². The van der Waals surface area contributed by atoms with E-state index < -0.39 is 0 Å². The van der Waals surface area contributed by atoms with Crippen LogP contribution in [0.4, 0.5) is 0 Å². The molecule has 0 radical (unpaired) electrons. The molecule has 0 aliphatic heterocycles. The molecule has 1 nitrogen and oxygen atoms in total. The number of hydrogen-bond donors (Lipinski definition) is 0. The SMILES string of the molecule is CC=CC1CCC(CC(OC)C2CCCCC2)CC1. The van der Waals surface area contributed by atoms with Gasteiger partial charge in [0, 0.05) is 7.11 Å². The molecule has 110 valence electrons. The molecule has 0 saturated heterocycles. The molecule has 2 fully saturated rings. The first-order chi connectivity index (χ1) is 9.33. The van der Waals surface area contributed by atoms with E-state index in [0.717, 1.165) is 17.8 Å². The van der Waals surface area contributed by atoms with Crippen LogP contribution >= 0.6 is 0 Å². The number of hydrogen-bond acceptors (Lipinski definition) is 1. The fourth-order valence-corrected chi connectivity index (χ4v) is 4.20. The zero-order valence-electron chi connectivity index (χ0n) is 12.9. The molecule has 2 aliphatic carbocycles. The van der Waals surface area contributed by atoms with Crippen LogP contribution in [0, 0.1) is 17.8 Å². The smallest absolute Gasteiger partial charge is 0.0602 e. The molecule has 1 unspecified atom stereocenters. The second-order valence-corrected chi connectivity index (χ2v) is 6.71. The van der Waals surface area contributed by atoms with E-state index in [0.29, 0.717) is 6.10 Å². The first-order valence-electron chi connectivity index (χ1n) is 8.49. The van der Waals surface area contributed by atoms with Gasteiger partial charge in [-0.3, -0.25) is 0 Å². The predicted molar refractivity (Wildman–Crippen MR) is 82.3 cm³/mol. The van der Waals surface area contributed by atoms with Gasteiger partial charge in [-0.25, -0.2) is 0 Å². The molecule has 0 heterocycles. The second-order valence-electron chi connectivity index (χ2n) is 6.71. The Hall–Kier alpha value is -0.300. The Balaban J connectivity index is 1.76. The predicted octanol–water partition coefficient (Wildman–Crippen LogP) is 5.35. The van der Waals surface area contributed by atoms with Crippen LogP contribution in [0.2, 0.25) is 0 Å². The van der Waals surface area contributed by atoms with Gasteiger partial charge in [0.2, 0.25) is 0 Å². The Morgan fingerprint density at radius 2 is 1.68 bits per heavy atom. The summed E-state index contributed by atoms with van der Waals surface area (Å²) >= 11 is 0. The molecular weight excluding hydrogens is 232 g/mol. The Morgan fingerprint density at radius 3 is 2.26 bits per heavy atom. The summed E-state index contributed by atoms with van der Waals surface area (Å²) < 4.78 is 5.85. The lowest BCUT2D eigenvalue weighted by molar-refractivity contribution is 0.0134. The maximum atomic E-state index is 5.85. The third kappa shape index (κ3) is 4.63. The summed E-state index contributed by atoms with van der Waals surface area (Å²) in [5.74, 6) is 2.64. The summed E-state index contributed by atoms with van der Waals surface area (Å²) in [6, 6.07) is 0. The van der Waals surface area contributed by atoms with Gasteiger partial charge in [-0.05, 0) is 69.6 Å². The Morgan fingerprint density at radius 1 is 1.00 bits per heavy atom. The van der Waals surface area contributed by atoms with E-state index in [1.165, 1.54) is 64.2 Å². The summed E-state index contributed by atoms with van der Waals surface area (Å²) in [4.78, 5) is 0. The van der Waals surface area contributed by atoms with Crippen molar-refractivity contribution in [3.05, 3.63) is 12.2 Å². The standard InChI is InChI=1S/C18H32O/c1-3-7-15-10-12-16(13-11-15)14-18(19-2)17-8-5-4-6-9-17/h3,7,15-18H,4-6,8-14H2,1-2H3. The van der Waals surface area contributed by atoms with Crippen LogP contribution < -0.4 is 0 Å². The third-order valence-corrected chi connectivity index (χ3v) is 5.40. The Labute approximate surface area is 119 Å². The molecule has 1 atom stereocenters. The average Bonchev–Trinajstić information content (AvgIpc) is 2.48. The molecule has 1 heteroatoms. The van der Waals surface area contributed by atoms with E-state index in [2.05, 4.69) is 19.1 Å². The van der Waals surface area contributed by atoms with E-state index in [9.17, 15) is 0 Å². The monoisotopic (exact) mass is 264 g/mol. The van der Waals surface area contributed by atoms with Gasteiger partial charge < -0.3 is 4.74 Å². The van der Waals surface area contributed by atoms with Gasteiger partial charge in [0.1, 0.15) is 0 Å². The lowest BCUT2D eigenvalue weighted by atomic mass is 9.76. The average molecular weight is 264 g/mol. The van der Waals surface area contributed by atoms with Crippen molar-refractivity contribution >= 4 is 0 Å². The van der Waals surface area contributed by atoms with Crippen molar-refractivity contribution in [3.8, 4) is 0 Å². The van der Waals surface area contributed by atoms with Crippen molar-refractivity contribution in [2.45, 2.75) is 77.2 Å². The molecule has 0 bridgehead atoms. The molecule has 19 heavy (non-hydrogen) atoms. The Kier molecular flexibility index (Phi) is 6.43. The van der Waals surface area contributed by atoms with E-state index in [-0.39, 0.29) is 0 Å². The second kappa shape index (κ2) is 8.09. The van der Waals surface area contributed by atoms with Crippen LogP contribution in [0.5, 0.6) is 0 Å². The fourth-order valence-electron chi connectivity index (χ4n) is 4.20. The van der Waals surface area contributed by atoms with Crippen molar-refractivity contribution in [3.63, 3.8) is 0 Å². The first kappa shape index (κ1) is 15.1. The summed E-state index contributed by atoms with van der Waals surface area (Å²) in [6.07, 6.45) is 19.3. The number of ether oxygens (including phenoxy) is 1. The first-order valence-corrected chi connectivity index (χ1v) is 8.49. The van der Waals surface area contributed by atoms with E-state index in [4.69, 9.17) is 4.74 Å². The van der Waals surface area contributed by atoms with Crippen LogP contribution in [0.25, 0.3) is 0 Å². The highest BCUT2D eigenvalue weighted by molar-refractivity contribution is 4.89. The van der Waals surface area contributed by atoms with Gasteiger partial charge in [-0.15, -0.1) is 0 Å². The van der Waals surface area contributed by atoms with Crippen LogP contribution in [0.15, 0.2) is 12.2 Å². The van der Waals surface area contributed by atoms with Crippen LogP contribution in [-0.4, -0.2) is 13.2 Å². The minimum Gasteiger partial charge on any atom is -0.381 e. The van der Waals surface area contributed by atoms with Crippen molar-refractivity contribution < 1.29 is 4.74 Å². The molecule has 0 N–H and O–H groups in total. The lowest BCUT2D eigenvalue weighted by Crippen LogP contribution is -2.28. The van der Waals surface area contributed by atoms with Crippen LogP contribution in [0.1, 0.15) is 71.1 Å². The van der Waals surface area contributed by atoms with E-state index >= 15 is 0 Å². The fraction of sp³-hybridized carbons (Fsp3) is 0.889. The molecule has 0 aromatic rings. The summed E-state index contributed by atoms with van der Waals surface area (Å²) in [6.45, 7) is 2.15. The zero-order valence-corrected chi connectivity index (χ0v) is 12.9. The summed E-state index contributed by atoms with van der Waals surface area (Å²) in [5.41, 5.74) is 0. The third-order valence-electron chi connectivity index (χ3n) is 5.40. The summed E-state index contributed by atoms with van der Waals surface area (Å²) in [7, 11) is 1.94. The molecule has 0 amide bonds. The maximum absolute atomic E-state index is 5.85. The molecule has 0 aromatic heterocycles.